The maximum Gasteiger partial charge on any atom is 0.292 e. The Morgan fingerprint density at radius 3 is 2.90 bits per heavy atom. The van der Waals surface area contributed by atoms with Gasteiger partial charge in [-0.1, -0.05) is 24.9 Å². The molecule has 2 rings (SSSR count). The molecule has 1 unspecified atom stereocenters. The van der Waals surface area contributed by atoms with E-state index in [2.05, 4.69) is 22.4 Å². The first-order valence-electron chi connectivity index (χ1n) is 7.56. The van der Waals surface area contributed by atoms with Gasteiger partial charge in [0.15, 0.2) is 0 Å². The molecular formula is C14H24N4O2. The number of aromatic nitrogens is 2. The van der Waals surface area contributed by atoms with Gasteiger partial charge < -0.3 is 15.6 Å². The molecule has 0 bridgehead atoms. The minimum atomic E-state index is -0.227. The van der Waals surface area contributed by atoms with Crippen molar-refractivity contribution in [2.24, 2.45) is 11.7 Å². The molecule has 0 spiro atoms. The zero-order valence-electron chi connectivity index (χ0n) is 12.1. The van der Waals surface area contributed by atoms with Gasteiger partial charge in [0.25, 0.3) is 11.7 Å². The van der Waals surface area contributed by atoms with Crippen LogP contribution >= 0.6 is 0 Å². The van der Waals surface area contributed by atoms with Crippen LogP contribution in [0, 0.1) is 5.92 Å². The standard InChI is InChI=1S/C14H24N4O2/c1-2-3-10(8-9-15)4-7-12-17-13(18-20-12)14(19)16-11-5-6-11/h10-11H,2-9,15H2,1H3,(H,16,19). The van der Waals surface area contributed by atoms with Crippen LogP contribution < -0.4 is 11.1 Å². The number of aryl methyl sites for hydroxylation is 1. The first-order valence-corrected chi connectivity index (χ1v) is 7.56. The van der Waals surface area contributed by atoms with Crippen molar-refractivity contribution in [2.75, 3.05) is 6.54 Å². The summed E-state index contributed by atoms with van der Waals surface area (Å²) in [6, 6.07) is 0.308. The SMILES string of the molecule is CCCC(CCN)CCc1nc(C(=O)NC2CC2)no1. The van der Waals surface area contributed by atoms with Crippen LogP contribution in [0.2, 0.25) is 0 Å². The maximum absolute atomic E-state index is 11.7. The number of rotatable bonds is 9. The second kappa shape index (κ2) is 7.38. The molecule has 1 aliphatic rings. The van der Waals surface area contributed by atoms with Crippen molar-refractivity contribution in [2.45, 2.75) is 57.9 Å². The highest BCUT2D eigenvalue weighted by Gasteiger charge is 2.26. The first kappa shape index (κ1) is 15.0. The predicted molar refractivity (Wildman–Crippen MR) is 75.2 cm³/mol. The molecule has 1 saturated carbocycles. The van der Waals surface area contributed by atoms with Gasteiger partial charge in [0.1, 0.15) is 0 Å². The van der Waals surface area contributed by atoms with Gasteiger partial charge in [0, 0.05) is 12.5 Å². The number of nitrogens with zero attached hydrogens (tertiary/aromatic N) is 2. The second-order valence-electron chi connectivity index (χ2n) is 5.53. The molecule has 112 valence electrons. The van der Waals surface area contributed by atoms with Crippen molar-refractivity contribution in [3.8, 4) is 0 Å². The zero-order valence-corrected chi connectivity index (χ0v) is 12.1. The highest BCUT2D eigenvalue weighted by molar-refractivity contribution is 5.90. The van der Waals surface area contributed by atoms with Crippen LogP contribution in [-0.4, -0.2) is 28.6 Å². The van der Waals surface area contributed by atoms with Gasteiger partial charge >= 0.3 is 0 Å². The first-order chi connectivity index (χ1) is 9.72. The van der Waals surface area contributed by atoms with Gasteiger partial charge in [-0.25, -0.2) is 0 Å². The quantitative estimate of drug-likeness (QED) is 0.717. The van der Waals surface area contributed by atoms with Crippen molar-refractivity contribution in [1.82, 2.24) is 15.5 Å². The number of hydrogen-bond donors (Lipinski definition) is 2. The molecule has 1 aromatic rings. The molecule has 6 heteroatoms. The van der Waals surface area contributed by atoms with Crippen molar-refractivity contribution in [1.29, 1.82) is 0 Å². The Kier molecular flexibility index (Phi) is 5.52. The molecule has 0 aromatic carbocycles. The highest BCUT2D eigenvalue weighted by atomic mass is 16.5. The third-order valence-electron chi connectivity index (χ3n) is 3.62. The average molecular weight is 280 g/mol. The van der Waals surface area contributed by atoms with Gasteiger partial charge in [-0.05, 0) is 38.1 Å². The fraction of sp³-hybridized carbons (Fsp3) is 0.786. The van der Waals surface area contributed by atoms with Gasteiger partial charge in [-0.15, -0.1) is 0 Å². The van der Waals surface area contributed by atoms with Crippen LogP contribution in [0.1, 0.15) is 62.0 Å². The molecule has 6 nitrogen and oxygen atoms in total. The van der Waals surface area contributed by atoms with Gasteiger partial charge in [0.05, 0.1) is 0 Å². The monoisotopic (exact) mass is 280 g/mol. The molecule has 0 radical (unpaired) electrons. The number of carbonyl (C=O) groups is 1. The van der Waals surface area contributed by atoms with E-state index in [4.69, 9.17) is 10.3 Å². The molecule has 0 aliphatic heterocycles. The molecule has 1 atom stereocenters. The van der Waals surface area contributed by atoms with Gasteiger partial charge in [-0.3, -0.25) is 4.79 Å². The Bertz CT molecular complexity index is 423. The van der Waals surface area contributed by atoms with Crippen LogP contribution in [-0.2, 0) is 6.42 Å². The molecule has 1 heterocycles. The summed E-state index contributed by atoms with van der Waals surface area (Å²) in [5, 5.41) is 6.59. The van der Waals surface area contributed by atoms with Crippen LogP contribution in [0.5, 0.6) is 0 Å². The third kappa shape index (κ3) is 4.59. The molecule has 1 aromatic heterocycles. The summed E-state index contributed by atoms with van der Waals surface area (Å²) in [4.78, 5) is 15.9. The summed E-state index contributed by atoms with van der Waals surface area (Å²) in [5.41, 5.74) is 5.62. The van der Waals surface area contributed by atoms with E-state index in [0.29, 0.717) is 30.8 Å². The van der Waals surface area contributed by atoms with E-state index in [1.165, 1.54) is 6.42 Å². The average Bonchev–Trinajstić information content (AvgIpc) is 3.11. The Hall–Kier alpha value is -1.43. The van der Waals surface area contributed by atoms with E-state index in [1.54, 1.807) is 0 Å². The van der Waals surface area contributed by atoms with Crippen molar-refractivity contribution in [3.05, 3.63) is 11.7 Å². The van der Waals surface area contributed by atoms with Crippen molar-refractivity contribution in [3.63, 3.8) is 0 Å². The number of amides is 1. The van der Waals surface area contributed by atoms with E-state index < -0.39 is 0 Å². The smallest absolute Gasteiger partial charge is 0.292 e. The minimum absolute atomic E-state index is 0.151. The van der Waals surface area contributed by atoms with Crippen molar-refractivity contribution < 1.29 is 9.32 Å². The number of carbonyl (C=O) groups excluding carboxylic acids is 1. The second-order valence-corrected chi connectivity index (χ2v) is 5.53. The zero-order chi connectivity index (χ0) is 14.4. The molecule has 20 heavy (non-hydrogen) atoms. The fourth-order valence-corrected chi connectivity index (χ4v) is 2.33. The lowest BCUT2D eigenvalue weighted by molar-refractivity contribution is 0.0937. The lowest BCUT2D eigenvalue weighted by Crippen LogP contribution is -2.26. The molecular weight excluding hydrogens is 256 g/mol. The number of nitrogens with two attached hydrogens (primary N) is 1. The van der Waals surface area contributed by atoms with E-state index in [-0.39, 0.29) is 11.7 Å². The van der Waals surface area contributed by atoms with Crippen LogP contribution in [0.4, 0.5) is 0 Å². The van der Waals surface area contributed by atoms with E-state index >= 15 is 0 Å². The maximum atomic E-state index is 11.7. The minimum Gasteiger partial charge on any atom is -0.346 e. The summed E-state index contributed by atoms with van der Waals surface area (Å²) >= 11 is 0. The van der Waals surface area contributed by atoms with Gasteiger partial charge in [-0.2, -0.15) is 4.98 Å². The Balaban J connectivity index is 1.80. The summed E-state index contributed by atoms with van der Waals surface area (Å²) in [5.74, 6) is 1.07. The number of hydrogen-bond acceptors (Lipinski definition) is 5. The number of nitrogens with one attached hydrogen (secondary N) is 1. The topological polar surface area (TPSA) is 94.0 Å². The summed E-state index contributed by atoms with van der Waals surface area (Å²) < 4.78 is 5.14. The summed E-state index contributed by atoms with van der Waals surface area (Å²) in [6.07, 6.45) is 7.15. The Morgan fingerprint density at radius 1 is 1.45 bits per heavy atom. The molecule has 1 fully saturated rings. The lowest BCUT2D eigenvalue weighted by Gasteiger charge is -2.13. The normalized spacial score (nSPS) is 16.1. The molecule has 1 amide bonds. The van der Waals surface area contributed by atoms with E-state index in [9.17, 15) is 4.79 Å². The van der Waals surface area contributed by atoms with E-state index in [1.807, 2.05) is 0 Å². The lowest BCUT2D eigenvalue weighted by atomic mass is 9.94. The van der Waals surface area contributed by atoms with Crippen LogP contribution in [0.25, 0.3) is 0 Å². The van der Waals surface area contributed by atoms with Crippen molar-refractivity contribution >= 4 is 5.91 Å². The largest absolute Gasteiger partial charge is 0.346 e. The molecule has 1 aliphatic carbocycles. The van der Waals surface area contributed by atoms with Crippen LogP contribution in [0.15, 0.2) is 4.52 Å². The third-order valence-corrected chi connectivity index (χ3v) is 3.62. The molecule has 3 N–H and O–H groups in total. The van der Waals surface area contributed by atoms with Crippen LogP contribution in [0.3, 0.4) is 0 Å². The van der Waals surface area contributed by atoms with Gasteiger partial charge in [0.2, 0.25) is 5.89 Å². The van der Waals surface area contributed by atoms with E-state index in [0.717, 1.165) is 32.1 Å². The summed E-state index contributed by atoms with van der Waals surface area (Å²) in [7, 11) is 0. The Morgan fingerprint density at radius 2 is 2.25 bits per heavy atom. The summed E-state index contributed by atoms with van der Waals surface area (Å²) in [6.45, 7) is 2.89. The highest BCUT2D eigenvalue weighted by Crippen LogP contribution is 2.19. The Labute approximate surface area is 119 Å². The fourth-order valence-electron chi connectivity index (χ4n) is 2.33. The predicted octanol–water partition coefficient (Wildman–Crippen LogP) is 1.66. The molecule has 0 saturated heterocycles.